The molecule has 3 aromatic carbocycles. The largest absolute Gasteiger partial charge is 0.346 e. The summed E-state index contributed by atoms with van der Waals surface area (Å²) in [4.78, 5) is 38.5. The molecule has 0 radical (unpaired) electrons. The second kappa shape index (κ2) is 7.98. The van der Waals surface area contributed by atoms with Gasteiger partial charge in [-0.05, 0) is 17.2 Å². The number of anilines is 1. The van der Waals surface area contributed by atoms with E-state index < -0.39 is 29.0 Å². The zero-order valence-electron chi connectivity index (χ0n) is 17.4. The fourth-order valence-electron chi connectivity index (χ4n) is 5.05. The molecule has 1 saturated heterocycles. The van der Waals surface area contributed by atoms with Crippen LogP contribution in [0.5, 0.6) is 0 Å². The molecule has 33 heavy (non-hydrogen) atoms. The third-order valence-electron chi connectivity index (χ3n) is 6.40. The standard InChI is InChI=1S/C25H19N3O5/c29-25(18-10-6-11-19(15-18)27(30)31)24-22(17-8-2-1-3-9-17)23(28(32)33)21-14-13-16-7-4-5-12-20(16)26(21)24/h1-15,21-24H/t21-,22+,23-,24+/m1/s1. The molecule has 4 atom stereocenters. The van der Waals surface area contributed by atoms with Gasteiger partial charge in [-0.15, -0.1) is 0 Å². The topological polar surface area (TPSA) is 107 Å². The molecule has 0 bridgehead atoms. The number of Topliss-reactive ketones (excluding diaryl/α,β-unsaturated/α-hetero) is 1. The Balaban J connectivity index is 1.71. The number of hydrogen-bond acceptors (Lipinski definition) is 6. The molecule has 8 nitrogen and oxygen atoms in total. The summed E-state index contributed by atoms with van der Waals surface area (Å²) < 4.78 is 0. The van der Waals surface area contributed by atoms with Crippen LogP contribution in [0.15, 0.2) is 84.9 Å². The summed E-state index contributed by atoms with van der Waals surface area (Å²) in [7, 11) is 0. The highest BCUT2D eigenvalue weighted by molar-refractivity contribution is 6.04. The van der Waals surface area contributed by atoms with Gasteiger partial charge in [0.15, 0.2) is 5.78 Å². The van der Waals surface area contributed by atoms with Gasteiger partial charge in [-0.25, -0.2) is 0 Å². The number of rotatable bonds is 5. The Morgan fingerprint density at radius 3 is 2.33 bits per heavy atom. The molecule has 5 rings (SSSR count). The van der Waals surface area contributed by atoms with E-state index in [0.29, 0.717) is 5.56 Å². The molecule has 8 heteroatoms. The number of non-ortho nitro benzene ring substituents is 1. The molecule has 2 aliphatic rings. The van der Waals surface area contributed by atoms with E-state index >= 15 is 0 Å². The van der Waals surface area contributed by atoms with Crippen molar-refractivity contribution >= 4 is 23.2 Å². The van der Waals surface area contributed by atoms with E-state index in [-0.39, 0.29) is 22.0 Å². The molecule has 0 unspecified atom stereocenters. The molecule has 0 aliphatic carbocycles. The minimum Gasteiger partial charge on any atom is -0.346 e. The first kappa shape index (κ1) is 20.6. The average molecular weight is 441 g/mol. The summed E-state index contributed by atoms with van der Waals surface area (Å²) in [6.07, 6.45) is 3.64. The van der Waals surface area contributed by atoms with E-state index in [1.807, 2.05) is 41.3 Å². The Morgan fingerprint density at radius 2 is 1.61 bits per heavy atom. The molecule has 1 fully saturated rings. The van der Waals surface area contributed by atoms with E-state index in [4.69, 9.17) is 0 Å². The number of hydrogen-bond donors (Lipinski definition) is 0. The van der Waals surface area contributed by atoms with Crippen molar-refractivity contribution in [1.29, 1.82) is 0 Å². The summed E-state index contributed by atoms with van der Waals surface area (Å²) in [5.41, 5.74) is 2.24. The SMILES string of the molecule is O=C(c1cccc([N+](=O)[O-])c1)[C@@H]1[C@@H](c2ccccc2)[C@H]([N+](=O)[O-])[C@H]2C=Cc3ccccc3N21. The van der Waals surface area contributed by atoms with Crippen molar-refractivity contribution in [2.45, 2.75) is 24.0 Å². The Bertz CT molecular complexity index is 1290. The predicted molar refractivity (Wildman–Crippen MR) is 123 cm³/mol. The van der Waals surface area contributed by atoms with E-state index in [9.17, 15) is 25.0 Å². The second-order valence-corrected chi connectivity index (χ2v) is 8.14. The second-order valence-electron chi connectivity index (χ2n) is 8.14. The van der Waals surface area contributed by atoms with Gasteiger partial charge in [-0.1, -0.05) is 72.8 Å². The number of benzene rings is 3. The van der Waals surface area contributed by atoms with E-state index in [0.717, 1.165) is 11.3 Å². The third-order valence-corrected chi connectivity index (χ3v) is 6.40. The lowest BCUT2D eigenvalue weighted by Gasteiger charge is -2.34. The summed E-state index contributed by atoms with van der Waals surface area (Å²) in [6, 6.07) is 19.4. The van der Waals surface area contributed by atoms with Crippen molar-refractivity contribution in [3.8, 4) is 0 Å². The monoisotopic (exact) mass is 441 g/mol. The summed E-state index contributed by atoms with van der Waals surface area (Å²) in [6.45, 7) is 0. The summed E-state index contributed by atoms with van der Waals surface area (Å²) in [5.74, 6) is -1.12. The zero-order valence-corrected chi connectivity index (χ0v) is 17.4. The van der Waals surface area contributed by atoms with Gasteiger partial charge in [-0.2, -0.15) is 0 Å². The number of para-hydroxylation sites is 1. The Hall–Kier alpha value is -4.33. The molecule has 3 aromatic rings. The molecular weight excluding hydrogens is 422 g/mol. The molecule has 0 aromatic heterocycles. The van der Waals surface area contributed by atoms with Gasteiger partial charge in [-0.3, -0.25) is 25.0 Å². The fraction of sp³-hybridized carbons (Fsp3) is 0.160. The number of fused-ring (bicyclic) bond motifs is 3. The molecule has 0 N–H and O–H groups in total. The lowest BCUT2D eigenvalue weighted by Crippen LogP contribution is -2.44. The van der Waals surface area contributed by atoms with Crippen molar-refractivity contribution in [3.63, 3.8) is 0 Å². The van der Waals surface area contributed by atoms with E-state index in [1.54, 1.807) is 30.3 Å². The van der Waals surface area contributed by atoms with Crippen LogP contribution in [0.3, 0.4) is 0 Å². The zero-order chi connectivity index (χ0) is 23.1. The number of carbonyl (C=O) groups is 1. The van der Waals surface area contributed by atoms with Gasteiger partial charge in [0.25, 0.3) is 5.69 Å². The van der Waals surface area contributed by atoms with Gasteiger partial charge < -0.3 is 4.90 Å². The highest BCUT2D eigenvalue weighted by Gasteiger charge is 2.58. The molecule has 164 valence electrons. The fourth-order valence-corrected chi connectivity index (χ4v) is 5.05. The van der Waals surface area contributed by atoms with Crippen LogP contribution < -0.4 is 4.90 Å². The molecule has 0 amide bonds. The molecular formula is C25H19N3O5. The Morgan fingerprint density at radius 1 is 0.879 bits per heavy atom. The number of nitro benzene ring substituents is 1. The van der Waals surface area contributed by atoms with Crippen molar-refractivity contribution in [2.24, 2.45) is 0 Å². The van der Waals surface area contributed by atoms with Crippen LogP contribution >= 0.6 is 0 Å². The first-order valence-electron chi connectivity index (χ1n) is 10.5. The van der Waals surface area contributed by atoms with Crippen LogP contribution in [0, 0.1) is 20.2 Å². The van der Waals surface area contributed by atoms with E-state index in [2.05, 4.69) is 0 Å². The number of carbonyl (C=O) groups excluding carboxylic acids is 1. The molecule has 2 aliphatic heterocycles. The number of ketones is 1. The highest BCUT2D eigenvalue weighted by atomic mass is 16.6. The van der Waals surface area contributed by atoms with Crippen LogP contribution in [-0.2, 0) is 0 Å². The molecule has 2 heterocycles. The van der Waals surface area contributed by atoms with Gasteiger partial charge in [0.05, 0.1) is 10.8 Å². The normalized spacial score (nSPS) is 23.0. The van der Waals surface area contributed by atoms with Gasteiger partial charge in [0.1, 0.15) is 12.1 Å². The van der Waals surface area contributed by atoms with E-state index in [1.165, 1.54) is 24.3 Å². The van der Waals surface area contributed by atoms with Crippen molar-refractivity contribution in [1.82, 2.24) is 0 Å². The highest BCUT2D eigenvalue weighted by Crippen LogP contribution is 2.47. The van der Waals surface area contributed by atoms with Crippen molar-refractivity contribution in [2.75, 3.05) is 4.90 Å². The van der Waals surface area contributed by atoms with Gasteiger partial charge in [0.2, 0.25) is 6.04 Å². The lowest BCUT2D eigenvalue weighted by atomic mass is 9.83. The lowest BCUT2D eigenvalue weighted by molar-refractivity contribution is -0.524. The van der Waals surface area contributed by atoms with Crippen LogP contribution in [0.25, 0.3) is 6.08 Å². The average Bonchev–Trinajstić information content (AvgIpc) is 3.20. The maximum atomic E-state index is 13.9. The minimum atomic E-state index is -1.07. The maximum Gasteiger partial charge on any atom is 0.270 e. The molecule has 0 spiro atoms. The number of nitro groups is 2. The smallest absolute Gasteiger partial charge is 0.270 e. The Kier molecular flexibility index (Phi) is 4.97. The summed E-state index contributed by atoms with van der Waals surface area (Å²) in [5, 5.41) is 23.6. The quantitative estimate of drug-likeness (QED) is 0.328. The first-order chi connectivity index (χ1) is 16.0. The summed E-state index contributed by atoms with van der Waals surface area (Å²) >= 11 is 0. The van der Waals surface area contributed by atoms with Crippen LogP contribution in [0.1, 0.15) is 27.4 Å². The van der Waals surface area contributed by atoms with Gasteiger partial charge >= 0.3 is 0 Å². The third kappa shape index (κ3) is 3.36. The van der Waals surface area contributed by atoms with Crippen molar-refractivity contribution in [3.05, 3.63) is 122 Å². The van der Waals surface area contributed by atoms with Crippen LogP contribution in [0.4, 0.5) is 11.4 Å². The first-order valence-corrected chi connectivity index (χ1v) is 10.5. The van der Waals surface area contributed by atoms with Crippen LogP contribution in [-0.4, -0.2) is 33.8 Å². The maximum absolute atomic E-state index is 13.9. The minimum absolute atomic E-state index is 0.157. The molecule has 0 saturated carbocycles. The Labute approximate surface area is 189 Å². The van der Waals surface area contributed by atoms with Crippen LogP contribution in [0.2, 0.25) is 0 Å². The van der Waals surface area contributed by atoms with Crippen molar-refractivity contribution < 1.29 is 14.6 Å². The predicted octanol–water partition coefficient (Wildman–Crippen LogP) is 4.49. The number of nitrogens with zero attached hydrogens (tertiary/aromatic N) is 3. The van der Waals surface area contributed by atoms with Gasteiger partial charge in [0, 0.05) is 28.3 Å².